The minimum absolute atomic E-state index is 0.0499. The van der Waals surface area contributed by atoms with Crippen LogP contribution in [-0.2, 0) is 14.3 Å². The molecule has 0 aromatic heterocycles. The second-order valence-corrected chi connectivity index (χ2v) is 4.10. The molecule has 2 aliphatic heterocycles. The second-order valence-electron chi connectivity index (χ2n) is 4.10. The van der Waals surface area contributed by atoms with Gasteiger partial charge >= 0.3 is 5.97 Å². The molecule has 0 spiro atoms. The first kappa shape index (κ1) is 11.4. The van der Waals surface area contributed by atoms with Gasteiger partial charge in [-0.05, 0) is 12.8 Å². The molecule has 0 aliphatic carbocycles. The highest BCUT2D eigenvalue weighted by Gasteiger charge is 2.45. The molecule has 2 unspecified atom stereocenters. The Hall–Kier alpha value is -1.07. The summed E-state index contributed by atoms with van der Waals surface area (Å²) in [5.74, 6) is -0.0518. The fourth-order valence-electron chi connectivity index (χ4n) is 2.57. The summed E-state index contributed by atoms with van der Waals surface area (Å²) in [6.45, 7) is 0.791. The highest BCUT2D eigenvalue weighted by molar-refractivity contribution is 5.91. The number of aliphatic hydroxyl groups is 1. The summed E-state index contributed by atoms with van der Waals surface area (Å²) in [6.07, 6.45) is 2.17. The van der Waals surface area contributed by atoms with Gasteiger partial charge in [0.2, 0.25) is 0 Å². The zero-order valence-electron chi connectivity index (χ0n) is 9.60. The van der Waals surface area contributed by atoms with E-state index in [1.54, 1.807) is 0 Å². The Bertz CT molecular complexity index is 326. The third-order valence-electron chi connectivity index (χ3n) is 3.32. The van der Waals surface area contributed by atoms with Crippen molar-refractivity contribution in [1.29, 1.82) is 0 Å². The van der Waals surface area contributed by atoms with E-state index >= 15 is 0 Å². The Morgan fingerprint density at radius 3 is 2.81 bits per heavy atom. The predicted molar refractivity (Wildman–Crippen MR) is 56.4 cm³/mol. The molecule has 0 aromatic carbocycles. The molecule has 2 atom stereocenters. The molecule has 16 heavy (non-hydrogen) atoms. The van der Waals surface area contributed by atoms with E-state index in [2.05, 4.69) is 0 Å². The SMILES string of the molecule is COC(=O)C1=C(OC)C(O)N2CCCCC12. The molecule has 0 saturated carbocycles. The van der Waals surface area contributed by atoms with E-state index in [0.717, 1.165) is 25.8 Å². The van der Waals surface area contributed by atoms with Gasteiger partial charge in [0.15, 0.2) is 12.0 Å². The average molecular weight is 227 g/mol. The summed E-state index contributed by atoms with van der Waals surface area (Å²) in [5, 5.41) is 10.0. The van der Waals surface area contributed by atoms with Gasteiger partial charge in [-0.1, -0.05) is 6.42 Å². The van der Waals surface area contributed by atoms with Crippen molar-refractivity contribution in [3.63, 3.8) is 0 Å². The number of carbonyl (C=O) groups excluding carboxylic acids is 1. The molecular formula is C11H17NO4. The van der Waals surface area contributed by atoms with Gasteiger partial charge < -0.3 is 14.6 Å². The van der Waals surface area contributed by atoms with Gasteiger partial charge in [-0.25, -0.2) is 4.79 Å². The third-order valence-corrected chi connectivity index (χ3v) is 3.32. The lowest BCUT2D eigenvalue weighted by molar-refractivity contribution is -0.136. The number of methoxy groups -OCH3 is 2. The summed E-state index contributed by atoms with van der Waals surface area (Å²) in [5.41, 5.74) is 0.484. The summed E-state index contributed by atoms with van der Waals surface area (Å²) in [7, 11) is 2.82. The van der Waals surface area contributed by atoms with E-state index in [-0.39, 0.29) is 6.04 Å². The van der Waals surface area contributed by atoms with Crippen molar-refractivity contribution in [2.45, 2.75) is 31.5 Å². The van der Waals surface area contributed by atoms with Gasteiger partial charge in [0.1, 0.15) is 0 Å². The Kier molecular flexibility index (Phi) is 3.16. The van der Waals surface area contributed by atoms with Crippen LogP contribution < -0.4 is 0 Å². The molecule has 5 nitrogen and oxygen atoms in total. The number of rotatable bonds is 2. The van der Waals surface area contributed by atoms with Gasteiger partial charge in [-0.3, -0.25) is 4.90 Å². The van der Waals surface area contributed by atoms with Gasteiger partial charge in [0.25, 0.3) is 0 Å². The first-order valence-electron chi connectivity index (χ1n) is 5.51. The number of hydrogen-bond donors (Lipinski definition) is 1. The Morgan fingerprint density at radius 1 is 1.44 bits per heavy atom. The van der Waals surface area contributed by atoms with Crippen molar-refractivity contribution in [2.75, 3.05) is 20.8 Å². The first-order valence-corrected chi connectivity index (χ1v) is 5.51. The fourth-order valence-corrected chi connectivity index (χ4v) is 2.57. The van der Waals surface area contributed by atoms with Crippen molar-refractivity contribution in [1.82, 2.24) is 4.90 Å². The fraction of sp³-hybridized carbons (Fsp3) is 0.727. The maximum Gasteiger partial charge on any atom is 0.338 e. The second kappa shape index (κ2) is 4.43. The van der Waals surface area contributed by atoms with Crippen LogP contribution in [-0.4, -0.2) is 49.0 Å². The standard InChI is InChI=1S/C11H17NO4/c1-15-9-8(11(14)16-2)7-5-3-4-6-12(7)10(9)13/h7,10,13H,3-6H2,1-2H3. The van der Waals surface area contributed by atoms with Crippen LogP contribution in [0.5, 0.6) is 0 Å². The van der Waals surface area contributed by atoms with Crippen LogP contribution in [0.25, 0.3) is 0 Å². The molecule has 1 saturated heterocycles. The Morgan fingerprint density at radius 2 is 2.19 bits per heavy atom. The smallest absolute Gasteiger partial charge is 0.338 e. The zero-order valence-corrected chi connectivity index (χ0v) is 9.60. The van der Waals surface area contributed by atoms with Crippen LogP contribution in [0.2, 0.25) is 0 Å². The zero-order chi connectivity index (χ0) is 11.7. The molecule has 0 amide bonds. The van der Waals surface area contributed by atoms with Gasteiger partial charge in [0, 0.05) is 12.6 Å². The summed E-state index contributed by atoms with van der Waals surface area (Å²) >= 11 is 0. The summed E-state index contributed by atoms with van der Waals surface area (Å²) in [6, 6.07) is -0.0499. The molecule has 1 fully saturated rings. The molecule has 90 valence electrons. The molecule has 0 bridgehead atoms. The maximum atomic E-state index is 11.7. The van der Waals surface area contributed by atoms with E-state index in [4.69, 9.17) is 9.47 Å². The normalized spacial score (nSPS) is 30.2. The summed E-state index contributed by atoms with van der Waals surface area (Å²) in [4.78, 5) is 13.6. The molecule has 2 rings (SSSR count). The van der Waals surface area contributed by atoms with Gasteiger partial charge in [-0.2, -0.15) is 0 Å². The van der Waals surface area contributed by atoms with Crippen LogP contribution in [0.15, 0.2) is 11.3 Å². The van der Waals surface area contributed by atoms with E-state index in [9.17, 15) is 9.90 Å². The Balaban J connectivity index is 2.34. The minimum Gasteiger partial charge on any atom is -0.496 e. The van der Waals surface area contributed by atoms with E-state index < -0.39 is 12.2 Å². The maximum absolute atomic E-state index is 11.7. The topological polar surface area (TPSA) is 59.0 Å². The van der Waals surface area contributed by atoms with Crippen LogP contribution >= 0.6 is 0 Å². The van der Waals surface area contributed by atoms with Crippen molar-refractivity contribution in [2.24, 2.45) is 0 Å². The van der Waals surface area contributed by atoms with Gasteiger partial charge in [-0.15, -0.1) is 0 Å². The molecule has 1 N–H and O–H groups in total. The highest BCUT2D eigenvalue weighted by Crippen LogP contribution is 2.36. The van der Waals surface area contributed by atoms with Crippen LogP contribution in [0.1, 0.15) is 19.3 Å². The number of ether oxygens (including phenoxy) is 2. The van der Waals surface area contributed by atoms with E-state index in [0.29, 0.717) is 11.3 Å². The molecule has 0 aromatic rings. The quantitative estimate of drug-likeness (QED) is 0.685. The number of esters is 1. The number of nitrogens with zero attached hydrogens (tertiary/aromatic N) is 1. The molecule has 0 radical (unpaired) electrons. The Labute approximate surface area is 94.6 Å². The first-order chi connectivity index (χ1) is 7.70. The van der Waals surface area contributed by atoms with Crippen LogP contribution in [0, 0.1) is 0 Å². The lowest BCUT2D eigenvalue weighted by Crippen LogP contribution is -2.42. The highest BCUT2D eigenvalue weighted by atomic mass is 16.5. The molecule has 2 aliphatic rings. The van der Waals surface area contributed by atoms with Crippen LogP contribution in [0.4, 0.5) is 0 Å². The minimum atomic E-state index is -0.801. The van der Waals surface area contributed by atoms with Crippen molar-refractivity contribution in [3.05, 3.63) is 11.3 Å². The number of fused-ring (bicyclic) bond motifs is 1. The number of hydrogen-bond acceptors (Lipinski definition) is 5. The molecular weight excluding hydrogens is 210 g/mol. The van der Waals surface area contributed by atoms with E-state index in [1.807, 2.05) is 4.90 Å². The van der Waals surface area contributed by atoms with Crippen LogP contribution in [0.3, 0.4) is 0 Å². The predicted octanol–water partition coefficient (Wildman–Crippen LogP) is 0.246. The lowest BCUT2D eigenvalue weighted by atomic mass is 9.98. The van der Waals surface area contributed by atoms with Crippen molar-refractivity contribution in [3.8, 4) is 0 Å². The van der Waals surface area contributed by atoms with Gasteiger partial charge in [0.05, 0.1) is 19.8 Å². The number of aliphatic hydroxyl groups excluding tert-OH is 1. The molecule has 2 heterocycles. The van der Waals surface area contributed by atoms with Crippen molar-refractivity contribution < 1.29 is 19.4 Å². The average Bonchev–Trinajstić information content (AvgIpc) is 2.62. The summed E-state index contributed by atoms with van der Waals surface area (Å²) < 4.78 is 9.89. The third kappa shape index (κ3) is 1.60. The monoisotopic (exact) mass is 227 g/mol. The number of piperidine rings is 1. The largest absolute Gasteiger partial charge is 0.496 e. The lowest BCUT2D eigenvalue weighted by Gasteiger charge is -2.32. The van der Waals surface area contributed by atoms with Crippen molar-refractivity contribution >= 4 is 5.97 Å². The van der Waals surface area contributed by atoms with E-state index in [1.165, 1.54) is 14.2 Å². The number of carbonyl (C=O) groups is 1. The molecule has 5 heteroatoms.